The number of nitrogens with one attached hydrogen (secondary N) is 1. The number of benzene rings is 2. The van der Waals surface area contributed by atoms with Gasteiger partial charge in [0.05, 0.1) is 20.3 Å². The van der Waals surface area contributed by atoms with Gasteiger partial charge in [-0.2, -0.15) is 0 Å². The average molecular weight is 370 g/mol. The van der Waals surface area contributed by atoms with Crippen LogP contribution in [0.4, 0.5) is 5.69 Å². The minimum Gasteiger partial charge on any atom is -0.493 e. The van der Waals surface area contributed by atoms with Crippen LogP contribution < -0.4 is 14.8 Å². The van der Waals surface area contributed by atoms with E-state index in [-0.39, 0.29) is 18.4 Å². The predicted molar refractivity (Wildman–Crippen MR) is 106 cm³/mol. The quantitative estimate of drug-likeness (QED) is 0.811. The summed E-state index contributed by atoms with van der Waals surface area (Å²) < 4.78 is 10.7. The molecule has 0 saturated heterocycles. The zero-order valence-electron chi connectivity index (χ0n) is 16.5. The van der Waals surface area contributed by atoms with Crippen LogP contribution in [0, 0.1) is 13.8 Å². The number of carbonyl (C=O) groups is 2. The molecule has 0 atom stereocenters. The van der Waals surface area contributed by atoms with Gasteiger partial charge in [-0.1, -0.05) is 12.1 Å². The number of rotatable bonds is 7. The average Bonchev–Trinajstić information content (AvgIpc) is 2.64. The normalized spacial score (nSPS) is 10.3. The largest absolute Gasteiger partial charge is 0.493 e. The molecule has 6 heteroatoms. The molecule has 2 rings (SSSR count). The smallest absolute Gasteiger partial charge is 0.254 e. The third kappa shape index (κ3) is 5.23. The summed E-state index contributed by atoms with van der Waals surface area (Å²) in [5, 5.41) is 2.86. The van der Waals surface area contributed by atoms with Gasteiger partial charge in [0.2, 0.25) is 5.91 Å². The minimum atomic E-state index is -0.271. The van der Waals surface area contributed by atoms with Gasteiger partial charge in [0.1, 0.15) is 0 Å². The molecule has 2 aromatic rings. The highest BCUT2D eigenvalue weighted by atomic mass is 16.5. The number of methoxy groups -OCH3 is 1. The van der Waals surface area contributed by atoms with Gasteiger partial charge in [0.15, 0.2) is 11.5 Å². The Morgan fingerprint density at radius 2 is 1.81 bits per heavy atom. The molecule has 1 N–H and O–H groups in total. The molecule has 0 unspecified atom stereocenters. The Kier molecular flexibility index (Phi) is 6.82. The van der Waals surface area contributed by atoms with E-state index in [9.17, 15) is 9.59 Å². The highest BCUT2D eigenvalue weighted by molar-refractivity contribution is 5.99. The van der Waals surface area contributed by atoms with Crippen molar-refractivity contribution in [2.75, 3.05) is 32.6 Å². The number of nitrogens with zero attached hydrogens (tertiary/aromatic N) is 1. The van der Waals surface area contributed by atoms with E-state index in [1.165, 1.54) is 12.0 Å². The molecule has 0 aliphatic rings. The fourth-order valence-electron chi connectivity index (χ4n) is 2.64. The van der Waals surface area contributed by atoms with Crippen LogP contribution in [0.2, 0.25) is 0 Å². The van der Waals surface area contributed by atoms with Crippen LogP contribution in [0.1, 0.15) is 28.4 Å². The van der Waals surface area contributed by atoms with Crippen molar-refractivity contribution in [1.29, 1.82) is 0 Å². The monoisotopic (exact) mass is 370 g/mol. The third-order valence-electron chi connectivity index (χ3n) is 4.11. The van der Waals surface area contributed by atoms with E-state index < -0.39 is 0 Å². The SMILES string of the molecule is CCOc1ccc(C(=O)N(C)CC(=O)Nc2cc(C)ccc2C)cc1OC. The molecule has 27 heavy (non-hydrogen) atoms. The zero-order chi connectivity index (χ0) is 20.0. The molecule has 0 saturated carbocycles. The molecule has 0 aliphatic heterocycles. The van der Waals surface area contributed by atoms with E-state index in [1.54, 1.807) is 25.2 Å². The van der Waals surface area contributed by atoms with E-state index >= 15 is 0 Å². The van der Waals surface area contributed by atoms with Crippen LogP contribution in [0.15, 0.2) is 36.4 Å². The van der Waals surface area contributed by atoms with Crippen molar-refractivity contribution in [1.82, 2.24) is 4.90 Å². The van der Waals surface area contributed by atoms with Crippen LogP contribution in [0.3, 0.4) is 0 Å². The van der Waals surface area contributed by atoms with Crippen LogP contribution >= 0.6 is 0 Å². The van der Waals surface area contributed by atoms with Gasteiger partial charge in [-0.25, -0.2) is 0 Å². The van der Waals surface area contributed by atoms with Crippen LogP contribution in [-0.4, -0.2) is 44.0 Å². The van der Waals surface area contributed by atoms with Crippen molar-refractivity contribution < 1.29 is 19.1 Å². The second-order valence-electron chi connectivity index (χ2n) is 6.33. The zero-order valence-corrected chi connectivity index (χ0v) is 16.5. The van der Waals surface area contributed by atoms with E-state index in [2.05, 4.69) is 5.32 Å². The van der Waals surface area contributed by atoms with Crippen molar-refractivity contribution >= 4 is 17.5 Å². The lowest BCUT2D eigenvalue weighted by molar-refractivity contribution is -0.116. The second-order valence-corrected chi connectivity index (χ2v) is 6.33. The number of hydrogen-bond acceptors (Lipinski definition) is 4. The standard InChI is InChI=1S/C21H26N2O4/c1-6-27-18-10-9-16(12-19(18)26-5)21(25)23(4)13-20(24)22-17-11-14(2)7-8-15(17)3/h7-12H,6,13H2,1-5H3,(H,22,24). The summed E-state index contributed by atoms with van der Waals surface area (Å²) in [6.45, 7) is 6.21. The van der Waals surface area contributed by atoms with E-state index in [4.69, 9.17) is 9.47 Å². The summed E-state index contributed by atoms with van der Waals surface area (Å²) in [6.07, 6.45) is 0. The first-order valence-corrected chi connectivity index (χ1v) is 8.79. The first kappa shape index (κ1) is 20.3. The molecule has 2 aromatic carbocycles. The molecule has 0 heterocycles. The second kappa shape index (κ2) is 9.07. The van der Waals surface area contributed by atoms with Crippen molar-refractivity contribution in [3.05, 3.63) is 53.1 Å². The molecule has 6 nitrogen and oxygen atoms in total. The Hall–Kier alpha value is -3.02. The van der Waals surface area contributed by atoms with Gasteiger partial charge in [-0.05, 0) is 56.2 Å². The molecule has 0 spiro atoms. The summed E-state index contributed by atoms with van der Waals surface area (Å²) in [5.74, 6) is 0.535. The summed E-state index contributed by atoms with van der Waals surface area (Å²) >= 11 is 0. The Morgan fingerprint density at radius 1 is 1.07 bits per heavy atom. The van der Waals surface area contributed by atoms with E-state index in [0.29, 0.717) is 23.7 Å². The number of likely N-dealkylation sites (N-methyl/N-ethyl adjacent to an activating group) is 1. The van der Waals surface area contributed by atoms with Gasteiger partial charge in [-0.3, -0.25) is 9.59 Å². The molecule has 2 amide bonds. The Morgan fingerprint density at radius 3 is 2.48 bits per heavy atom. The van der Waals surface area contributed by atoms with Crippen molar-refractivity contribution in [3.8, 4) is 11.5 Å². The number of aryl methyl sites for hydroxylation is 2. The van der Waals surface area contributed by atoms with Gasteiger partial charge in [0, 0.05) is 18.3 Å². The fraction of sp³-hybridized carbons (Fsp3) is 0.333. The van der Waals surface area contributed by atoms with Crippen LogP contribution in [-0.2, 0) is 4.79 Å². The molecule has 0 bridgehead atoms. The molecule has 0 fully saturated rings. The van der Waals surface area contributed by atoms with Crippen LogP contribution in [0.5, 0.6) is 11.5 Å². The molecule has 0 aromatic heterocycles. The first-order valence-electron chi connectivity index (χ1n) is 8.79. The predicted octanol–water partition coefficient (Wildman–Crippen LogP) is 3.42. The van der Waals surface area contributed by atoms with Gasteiger partial charge in [0.25, 0.3) is 5.91 Å². The number of ether oxygens (including phenoxy) is 2. The Balaban J connectivity index is 2.06. The molecule has 0 radical (unpaired) electrons. The highest BCUT2D eigenvalue weighted by Crippen LogP contribution is 2.28. The summed E-state index contributed by atoms with van der Waals surface area (Å²) in [5.41, 5.74) is 3.21. The van der Waals surface area contributed by atoms with Crippen molar-refractivity contribution in [3.63, 3.8) is 0 Å². The number of carbonyl (C=O) groups excluding carboxylic acids is 2. The van der Waals surface area contributed by atoms with Crippen molar-refractivity contribution in [2.45, 2.75) is 20.8 Å². The highest BCUT2D eigenvalue weighted by Gasteiger charge is 2.17. The maximum atomic E-state index is 12.6. The minimum absolute atomic E-state index is 0.0538. The topological polar surface area (TPSA) is 67.9 Å². The number of amides is 2. The Labute approximate surface area is 160 Å². The van der Waals surface area contributed by atoms with Crippen LogP contribution in [0.25, 0.3) is 0 Å². The number of anilines is 1. The maximum absolute atomic E-state index is 12.6. The third-order valence-corrected chi connectivity index (χ3v) is 4.11. The lowest BCUT2D eigenvalue weighted by Crippen LogP contribution is -2.35. The van der Waals surface area contributed by atoms with Gasteiger partial charge >= 0.3 is 0 Å². The van der Waals surface area contributed by atoms with Crippen molar-refractivity contribution in [2.24, 2.45) is 0 Å². The maximum Gasteiger partial charge on any atom is 0.254 e. The lowest BCUT2D eigenvalue weighted by Gasteiger charge is -2.18. The molecular weight excluding hydrogens is 344 g/mol. The van der Waals surface area contributed by atoms with Gasteiger partial charge in [-0.15, -0.1) is 0 Å². The number of hydrogen-bond donors (Lipinski definition) is 1. The van der Waals surface area contributed by atoms with E-state index in [1.807, 2.05) is 39.0 Å². The summed E-state index contributed by atoms with van der Waals surface area (Å²) in [6, 6.07) is 10.8. The molecule has 144 valence electrons. The fourth-order valence-corrected chi connectivity index (χ4v) is 2.64. The molecular formula is C21H26N2O4. The summed E-state index contributed by atoms with van der Waals surface area (Å²) in [4.78, 5) is 26.3. The van der Waals surface area contributed by atoms with Gasteiger partial charge < -0.3 is 19.7 Å². The first-order chi connectivity index (χ1) is 12.8. The summed E-state index contributed by atoms with van der Waals surface area (Å²) in [7, 11) is 3.11. The van der Waals surface area contributed by atoms with E-state index in [0.717, 1.165) is 16.8 Å². The molecule has 0 aliphatic carbocycles. The Bertz CT molecular complexity index is 833. The lowest BCUT2D eigenvalue weighted by atomic mass is 10.1.